The molecule has 1 unspecified atom stereocenters. The van der Waals surface area contributed by atoms with E-state index >= 15 is 0 Å². The number of hydrogen-bond donors (Lipinski definition) is 1. The number of amides is 2. The molecular weight excluding hydrogens is 382 g/mol. The fraction of sp³-hybridized carbons (Fsp3) is 0.263. The molecule has 3 heterocycles. The number of carbonyl (C=O) groups excluding carboxylic acids is 2. The highest BCUT2D eigenvalue weighted by molar-refractivity contribution is 6.31. The zero-order chi connectivity index (χ0) is 19.7. The Morgan fingerprint density at radius 2 is 2.21 bits per heavy atom. The van der Waals surface area contributed by atoms with Crippen molar-refractivity contribution in [1.29, 1.82) is 0 Å². The second kappa shape index (κ2) is 7.47. The lowest BCUT2D eigenvalue weighted by atomic mass is 10.1. The number of carbonyl (C=O) groups is 2. The summed E-state index contributed by atoms with van der Waals surface area (Å²) in [6, 6.07) is 10.8. The smallest absolute Gasteiger partial charge is 0.246 e. The number of hydrogen-bond acceptors (Lipinski definition) is 5. The Balaban J connectivity index is 1.36. The second-order valence-electron chi connectivity index (χ2n) is 6.62. The standard InChI is InChI=1S/C19H18ClN5O3/c1-24-7-3-6-15(24)18-22-16(28-23-18)10-21-19(27)12-8-17(26)25(11-12)14-5-2-4-13(20)9-14/h2-7,9,12H,8,10-11H2,1H3,(H,21,27). The summed E-state index contributed by atoms with van der Waals surface area (Å²) in [6.07, 6.45) is 2.03. The van der Waals surface area contributed by atoms with Crippen LogP contribution in [0.2, 0.25) is 5.02 Å². The summed E-state index contributed by atoms with van der Waals surface area (Å²) in [6.45, 7) is 0.418. The van der Waals surface area contributed by atoms with Crippen molar-refractivity contribution in [3.8, 4) is 11.5 Å². The summed E-state index contributed by atoms with van der Waals surface area (Å²) in [7, 11) is 1.88. The van der Waals surface area contributed by atoms with Crippen LogP contribution in [0.15, 0.2) is 47.1 Å². The van der Waals surface area contributed by atoms with Crippen molar-refractivity contribution in [2.45, 2.75) is 13.0 Å². The van der Waals surface area contributed by atoms with Crippen LogP contribution >= 0.6 is 11.6 Å². The van der Waals surface area contributed by atoms with E-state index in [1.54, 1.807) is 29.2 Å². The number of nitrogens with zero attached hydrogens (tertiary/aromatic N) is 4. The number of aromatic nitrogens is 3. The predicted molar refractivity (Wildman–Crippen MR) is 102 cm³/mol. The van der Waals surface area contributed by atoms with Gasteiger partial charge < -0.3 is 19.3 Å². The van der Waals surface area contributed by atoms with Gasteiger partial charge in [-0.25, -0.2) is 0 Å². The largest absolute Gasteiger partial charge is 0.348 e. The maximum absolute atomic E-state index is 12.5. The fourth-order valence-electron chi connectivity index (χ4n) is 3.21. The van der Waals surface area contributed by atoms with E-state index in [1.165, 1.54) is 0 Å². The zero-order valence-corrected chi connectivity index (χ0v) is 15.9. The quantitative estimate of drug-likeness (QED) is 0.711. The van der Waals surface area contributed by atoms with Crippen molar-refractivity contribution in [3.05, 3.63) is 53.5 Å². The van der Waals surface area contributed by atoms with E-state index in [9.17, 15) is 9.59 Å². The van der Waals surface area contributed by atoms with Crippen LogP contribution in [0.5, 0.6) is 0 Å². The van der Waals surface area contributed by atoms with E-state index in [4.69, 9.17) is 16.1 Å². The minimum atomic E-state index is -0.443. The monoisotopic (exact) mass is 399 g/mol. The topological polar surface area (TPSA) is 93.3 Å². The molecule has 2 amide bonds. The van der Waals surface area contributed by atoms with Crippen LogP contribution in [0.3, 0.4) is 0 Å². The van der Waals surface area contributed by atoms with Gasteiger partial charge in [0.2, 0.25) is 23.5 Å². The Bertz CT molecular complexity index is 1030. The molecule has 0 aliphatic carbocycles. The summed E-state index contributed by atoms with van der Waals surface area (Å²) in [5.41, 5.74) is 1.51. The zero-order valence-electron chi connectivity index (χ0n) is 15.1. The molecule has 0 saturated carbocycles. The molecule has 4 rings (SSSR count). The van der Waals surface area contributed by atoms with E-state index < -0.39 is 5.92 Å². The maximum atomic E-state index is 12.5. The van der Waals surface area contributed by atoms with Gasteiger partial charge in [-0.15, -0.1) is 0 Å². The Morgan fingerprint density at radius 1 is 1.36 bits per heavy atom. The lowest BCUT2D eigenvalue weighted by Crippen LogP contribution is -2.32. The van der Waals surface area contributed by atoms with Crippen molar-refractivity contribution < 1.29 is 14.1 Å². The average molecular weight is 400 g/mol. The molecule has 1 aromatic carbocycles. The first-order valence-corrected chi connectivity index (χ1v) is 9.17. The normalized spacial score (nSPS) is 16.6. The van der Waals surface area contributed by atoms with Gasteiger partial charge in [-0.3, -0.25) is 9.59 Å². The highest BCUT2D eigenvalue weighted by Gasteiger charge is 2.35. The molecular formula is C19H18ClN5O3. The van der Waals surface area contributed by atoms with Gasteiger partial charge in [0.1, 0.15) is 0 Å². The molecule has 3 aromatic rings. The van der Waals surface area contributed by atoms with Crippen LogP contribution in [-0.4, -0.2) is 33.1 Å². The summed E-state index contributed by atoms with van der Waals surface area (Å²) >= 11 is 5.99. The van der Waals surface area contributed by atoms with Gasteiger partial charge in [-0.2, -0.15) is 4.98 Å². The Labute approximate surface area is 166 Å². The predicted octanol–water partition coefficient (Wildman–Crippen LogP) is 2.40. The first kappa shape index (κ1) is 18.2. The van der Waals surface area contributed by atoms with Gasteiger partial charge in [0.25, 0.3) is 0 Å². The maximum Gasteiger partial charge on any atom is 0.246 e. The molecule has 1 N–H and O–H groups in total. The molecule has 1 atom stereocenters. The van der Waals surface area contributed by atoms with E-state index in [0.29, 0.717) is 29.0 Å². The summed E-state index contributed by atoms with van der Waals surface area (Å²) in [5.74, 6) is -0.00932. The third-order valence-electron chi connectivity index (χ3n) is 4.67. The minimum Gasteiger partial charge on any atom is -0.348 e. The molecule has 9 heteroatoms. The number of benzene rings is 1. The van der Waals surface area contributed by atoms with Gasteiger partial charge in [-0.1, -0.05) is 22.8 Å². The highest BCUT2D eigenvalue weighted by Crippen LogP contribution is 2.27. The van der Waals surface area contributed by atoms with Gasteiger partial charge >= 0.3 is 0 Å². The molecule has 1 fully saturated rings. The average Bonchev–Trinajstić information content (AvgIpc) is 3.39. The van der Waals surface area contributed by atoms with Crippen molar-refractivity contribution in [2.75, 3.05) is 11.4 Å². The Kier molecular flexibility index (Phi) is 4.87. The van der Waals surface area contributed by atoms with Crippen LogP contribution in [0.25, 0.3) is 11.5 Å². The number of rotatable bonds is 5. The van der Waals surface area contributed by atoms with Gasteiger partial charge in [0.15, 0.2) is 0 Å². The molecule has 144 valence electrons. The molecule has 8 nitrogen and oxygen atoms in total. The first-order valence-electron chi connectivity index (χ1n) is 8.79. The third-order valence-corrected chi connectivity index (χ3v) is 4.91. The van der Waals surface area contributed by atoms with Gasteiger partial charge in [-0.05, 0) is 30.3 Å². The fourth-order valence-corrected chi connectivity index (χ4v) is 3.39. The Hall–Kier alpha value is -3.13. The minimum absolute atomic E-state index is 0.105. The van der Waals surface area contributed by atoms with Crippen molar-refractivity contribution >= 4 is 29.1 Å². The molecule has 2 aromatic heterocycles. The summed E-state index contributed by atoms with van der Waals surface area (Å²) < 4.78 is 7.08. The van der Waals surface area contributed by atoms with Crippen molar-refractivity contribution in [1.82, 2.24) is 20.0 Å². The molecule has 0 spiro atoms. The van der Waals surface area contributed by atoms with E-state index in [-0.39, 0.29) is 24.8 Å². The number of aryl methyl sites for hydroxylation is 1. The van der Waals surface area contributed by atoms with Crippen LogP contribution < -0.4 is 10.2 Å². The number of halogens is 1. The second-order valence-corrected chi connectivity index (χ2v) is 7.06. The van der Waals surface area contributed by atoms with Crippen LogP contribution in [-0.2, 0) is 23.2 Å². The SMILES string of the molecule is Cn1cccc1-c1noc(CNC(=O)C2CC(=O)N(c3cccc(Cl)c3)C2)n1. The molecule has 1 saturated heterocycles. The van der Waals surface area contributed by atoms with Crippen LogP contribution in [0.1, 0.15) is 12.3 Å². The van der Waals surface area contributed by atoms with E-state index in [2.05, 4.69) is 15.5 Å². The van der Waals surface area contributed by atoms with Crippen LogP contribution in [0, 0.1) is 5.92 Å². The molecule has 1 aliphatic heterocycles. The van der Waals surface area contributed by atoms with Crippen molar-refractivity contribution in [2.24, 2.45) is 13.0 Å². The number of anilines is 1. The van der Waals surface area contributed by atoms with Gasteiger partial charge in [0, 0.05) is 36.9 Å². The lowest BCUT2D eigenvalue weighted by molar-refractivity contribution is -0.126. The summed E-state index contributed by atoms with van der Waals surface area (Å²) in [4.78, 5) is 30.7. The molecule has 0 radical (unpaired) electrons. The summed E-state index contributed by atoms with van der Waals surface area (Å²) in [5, 5.41) is 7.25. The lowest BCUT2D eigenvalue weighted by Gasteiger charge is -2.16. The first-order chi connectivity index (χ1) is 13.5. The number of nitrogens with one attached hydrogen (secondary N) is 1. The van der Waals surface area contributed by atoms with Crippen molar-refractivity contribution in [3.63, 3.8) is 0 Å². The molecule has 0 bridgehead atoms. The van der Waals surface area contributed by atoms with Gasteiger partial charge in [0.05, 0.1) is 18.2 Å². The van der Waals surface area contributed by atoms with Crippen LogP contribution in [0.4, 0.5) is 5.69 Å². The van der Waals surface area contributed by atoms with E-state index in [0.717, 1.165) is 5.69 Å². The highest BCUT2D eigenvalue weighted by atomic mass is 35.5. The third kappa shape index (κ3) is 3.63. The Morgan fingerprint density at radius 3 is 2.96 bits per heavy atom. The van der Waals surface area contributed by atoms with E-state index in [1.807, 2.05) is 29.9 Å². The molecule has 1 aliphatic rings. The molecule has 28 heavy (non-hydrogen) atoms.